The highest BCUT2D eigenvalue weighted by Gasteiger charge is 2.09. The van der Waals surface area contributed by atoms with Crippen LogP contribution in [-0.2, 0) is 0 Å². The van der Waals surface area contributed by atoms with Gasteiger partial charge in [0.05, 0.1) is 6.04 Å². The molecule has 1 atom stereocenters. The molecule has 0 fully saturated rings. The summed E-state index contributed by atoms with van der Waals surface area (Å²) in [4.78, 5) is 0. The molecule has 2 nitrogen and oxygen atoms in total. The largest absolute Gasteiger partial charge is 0.271 e. The Bertz CT molecular complexity index is 368. The minimum absolute atomic E-state index is 0.0596. The van der Waals surface area contributed by atoms with Gasteiger partial charge >= 0.3 is 0 Å². The maximum atomic E-state index is 12.9. The predicted octanol–water partition coefficient (Wildman–Crippen LogP) is 2.60. The van der Waals surface area contributed by atoms with Crippen LogP contribution in [0.2, 0.25) is 0 Å². The Labute approximate surface area is 90.0 Å². The highest BCUT2D eigenvalue weighted by atomic mass is 19.1. The van der Waals surface area contributed by atoms with Gasteiger partial charge in [0.2, 0.25) is 0 Å². The topological polar surface area (TPSA) is 38.0 Å². The van der Waals surface area contributed by atoms with Crippen LogP contribution in [0.15, 0.2) is 29.8 Å². The lowest BCUT2D eigenvalue weighted by Crippen LogP contribution is -2.27. The lowest BCUT2D eigenvalue weighted by atomic mass is 10.00. The summed E-state index contributed by atoms with van der Waals surface area (Å²) in [5.74, 6) is 5.25. The second kappa shape index (κ2) is 5.05. The molecule has 0 aromatic heterocycles. The Morgan fingerprint density at radius 2 is 2.13 bits per heavy atom. The van der Waals surface area contributed by atoms with E-state index in [2.05, 4.69) is 5.43 Å². The summed E-state index contributed by atoms with van der Waals surface area (Å²) in [6.45, 7) is 5.88. The summed E-state index contributed by atoms with van der Waals surface area (Å²) < 4.78 is 12.9. The Kier molecular flexibility index (Phi) is 4.00. The van der Waals surface area contributed by atoms with E-state index in [0.717, 1.165) is 11.1 Å². The molecule has 3 heteroatoms. The molecule has 0 bridgehead atoms. The third-order valence-corrected chi connectivity index (χ3v) is 2.25. The van der Waals surface area contributed by atoms with Gasteiger partial charge in [-0.3, -0.25) is 5.84 Å². The first-order valence-electron chi connectivity index (χ1n) is 4.92. The van der Waals surface area contributed by atoms with E-state index < -0.39 is 0 Å². The fourth-order valence-electron chi connectivity index (χ4n) is 1.55. The quantitative estimate of drug-likeness (QED) is 0.455. The monoisotopic (exact) mass is 208 g/mol. The normalized spacial score (nSPS) is 12.3. The van der Waals surface area contributed by atoms with Crippen LogP contribution in [-0.4, -0.2) is 0 Å². The van der Waals surface area contributed by atoms with E-state index in [1.54, 1.807) is 6.07 Å². The maximum Gasteiger partial charge on any atom is 0.123 e. The zero-order chi connectivity index (χ0) is 11.4. The number of hydrogen-bond acceptors (Lipinski definition) is 2. The van der Waals surface area contributed by atoms with Crippen molar-refractivity contribution in [2.24, 2.45) is 5.84 Å². The minimum atomic E-state index is -0.218. The van der Waals surface area contributed by atoms with E-state index in [1.807, 2.05) is 26.8 Å². The van der Waals surface area contributed by atoms with Gasteiger partial charge in [-0.25, -0.2) is 9.82 Å². The molecule has 0 saturated carbocycles. The molecule has 15 heavy (non-hydrogen) atoms. The van der Waals surface area contributed by atoms with Crippen molar-refractivity contribution < 1.29 is 4.39 Å². The molecule has 0 aliphatic heterocycles. The lowest BCUT2D eigenvalue weighted by molar-refractivity contribution is 0.616. The smallest absolute Gasteiger partial charge is 0.123 e. The van der Waals surface area contributed by atoms with E-state index >= 15 is 0 Å². The average Bonchev–Trinajstić information content (AvgIpc) is 2.14. The van der Waals surface area contributed by atoms with Gasteiger partial charge < -0.3 is 0 Å². The Hall–Kier alpha value is -1.19. The summed E-state index contributed by atoms with van der Waals surface area (Å²) in [7, 11) is 0. The molecule has 0 spiro atoms. The number of aryl methyl sites for hydroxylation is 1. The van der Waals surface area contributed by atoms with Crippen molar-refractivity contribution in [3.8, 4) is 0 Å². The first-order chi connectivity index (χ1) is 7.04. The Morgan fingerprint density at radius 1 is 1.47 bits per heavy atom. The molecular formula is C12H17FN2. The molecule has 0 saturated heterocycles. The second-order valence-electron chi connectivity index (χ2n) is 3.89. The zero-order valence-electron chi connectivity index (χ0n) is 9.34. The van der Waals surface area contributed by atoms with Gasteiger partial charge in [0, 0.05) is 0 Å². The molecule has 0 aliphatic carbocycles. The van der Waals surface area contributed by atoms with Crippen molar-refractivity contribution in [1.29, 1.82) is 0 Å². The number of allylic oxidation sites excluding steroid dienone is 1. The van der Waals surface area contributed by atoms with E-state index in [4.69, 9.17) is 5.84 Å². The molecule has 0 aliphatic rings. The third kappa shape index (κ3) is 3.15. The van der Waals surface area contributed by atoms with Gasteiger partial charge in [-0.15, -0.1) is 0 Å². The van der Waals surface area contributed by atoms with Gasteiger partial charge in [-0.1, -0.05) is 17.7 Å². The van der Waals surface area contributed by atoms with Crippen LogP contribution >= 0.6 is 0 Å². The highest BCUT2D eigenvalue weighted by molar-refractivity contribution is 5.32. The van der Waals surface area contributed by atoms with Crippen molar-refractivity contribution >= 4 is 0 Å². The van der Waals surface area contributed by atoms with Crippen LogP contribution in [0.1, 0.15) is 31.0 Å². The Morgan fingerprint density at radius 3 is 2.60 bits per heavy atom. The van der Waals surface area contributed by atoms with Crippen molar-refractivity contribution in [2.75, 3.05) is 0 Å². The fourth-order valence-corrected chi connectivity index (χ4v) is 1.55. The van der Waals surface area contributed by atoms with Crippen LogP contribution in [0, 0.1) is 12.7 Å². The number of nitrogens with two attached hydrogens (primary N) is 1. The summed E-state index contributed by atoms with van der Waals surface area (Å²) >= 11 is 0. The predicted molar refractivity (Wildman–Crippen MR) is 60.6 cm³/mol. The zero-order valence-corrected chi connectivity index (χ0v) is 9.34. The first kappa shape index (κ1) is 11.9. The van der Waals surface area contributed by atoms with E-state index in [0.29, 0.717) is 0 Å². The van der Waals surface area contributed by atoms with Crippen molar-refractivity contribution in [3.05, 3.63) is 46.8 Å². The van der Waals surface area contributed by atoms with Crippen molar-refractivity contribution in [3.63, 3.8) is 0 Å². The molecule has 1 rings (SSSR count). The minimum Gasteiger partial charge on any atom is -0.271 e. The standard InChI is InChI=1S/C12H17FN2/c1-8(2)6-12(15-14)11-5-4-10(13)7-9(11)3/h4-7,12,15H,14H2,1-3H3. The summed E-state index contributed by atoms with van der Waals surface area (Å²) in [5, 5.41) is 0. The number of benzene rings is 1. The molecule has 1 aromatic carbocycles. The summed E-state index contributed by atoms with van der Waals surface area (Å²) in [6.07, 6.45) is 2.01. The number of rotatable bonds is 3. The van der Waals surface area contributed by atoms with E-state index in [9.17, 15) is 4.39 Å². The highest BCUT2D eigenvalue weighted by Crippen LogP contribution is 2.20. The summed E-state index contributed by atoms with van der Waals surface area (Å²) in [6, 6.07) is 4.66. The Balaban J connectivity index is 3.07. The fraction of sp³-hybridized carbons (Fsp3) is 0.333. The van der Waals surface area contributed by atoms with Crippen LogP contribution in [0.4, 0.5) is 4.39 Å². The molecule has 0 radical (unpaired) electrons. The van der Waals surface area contributed by atoms with Gasteiger partial charge in [0.25, 0.3) is 0 Å². The summed E-state index contributed by atoms with van der Waals surface area (Å²) in [5.41, 5.74) is 5.78. The SMILES string of the molecule is CC(C)=CC(NN)c1ccc(F)cc1C. The maximum absolute atomic E-state index is 12.9. The van der Waals surface area contributed by atoms with E-state index in [-0.39, 0.29) is 11.9 Å². The molecular weight excluding hydrogens is 191 g/mol. The first-order valence-corrected chi connectivity index (χ1v) is 4.92. The van der Waals surface area contributed by atoms with Crippen LogP contribution < -0.4 is 11.3 Å². The molecule has 0 amide bonds. The van der Waals surface area contributed by atoms with Crippen LogP contribution in [0.25, 0.3) is 0 Å². The molecule has 1 unspecified atom stereocenters. The van der Waals surface area contributed by atoms with Gasteiger partial charge in [0.1, 0.15) is 5.82 Å². The lowest BCUT2D eigenvalue weighted by Gasteiger charge is -2.15. The molecule has 82 valence electrons. The van der Waals surface area contributed by atoms with Gasteiger partial charge in [-0.2, -0.15) is 0 Å². The van der Waals surface area contributed by atoms with Crippen molar-refractivity contribution in [1.82, 2.24) is 5.43 Å². The van der Waals surface area contributed by atoms with Crippen molar-refractivity contribution in [2.45, 2.75) is 26.8 Å². The molecule has 1 aromatic rings. The molecule has 3 N–H and O–H groups in total. The average molecular weight is 208 g/mol. The van der Waals surface area contributed by atoms with E-state index in [1.165, 1.54) is 17.7 Å². The van der Waals surface area contributed by atoms with Gasteiger partial charge in [0.15, 0.2) is 0 Å². The van der Waals surface area contributed by atoms with Crippen LogP contribution in [0.3, 0.4) is 0 Å². The molecule has 0 heterocycles. The third-order valence-electron chi connectivity index (χ3n) is 2.25. The second-order valence-corrected chi connectivity index (χ2v) is 3.89. The number of nitrogens with one attached hydrogen (secondary N) is 1. The van der Waals surface area contributed by atoms with Gasteiger partial charge in [-0.05, 0) is 44.0 Å². The van der Waals surface area contributed by atoms with Crippen LogP contribution in [0.5, 0.6) is 0 Å². The number of hydrogen-bond donors (Lipinski definition) is 2. The number of hydrazine groups is 1. The number of halogens is 1.